The third-order valence-corrected chi connectivity index (χ3v) is 3.84. The third kappa shape index (κ3) is 3.61. The maximum Gasteiger partial charge on any atom is 0.417 e. The van der Waals surface area contributed by atoms with Crippen LogP contribution in [0.5, 0.6) is 5.88 Å². The Morgan fingerprint density at radius 1 is 1.29 bits per heavy atom. The van der Waals surface area contributed by atoms with Crippen molar-refractivity contribution >= 4 is 17.0 Å². The molecule has 4 aromatic rings. The number of amides is 1. The zero-order valence-corrected chi connectivity index (χ0v) is 14.8. The number of carbonyl (C=O) groups is 1. The van der Waals surface area contributed by atoms with E-state index in [1.54, 1.807) is 30.5 Å². The molecule has 1 aromatic carbocycles. The number of hydrogen-bond donors (Lipinski definition) is 2. The Morgan fingerprint density at radius 3 is 2.96 bits per heavy atom. The van der Waals surface area contributed by atoms with Crippen LogP contribution in [0.15, 0.2) is 50.3 Å². The van der Waals surface area contributed by atoms with E-state index in [-0.39, 0.29) is 18.3 Å². The average Bonchev–Trinajstić information content (AvgIpc) is 3.32. The third-order valence-electron chi connectivity index (χ3n) is 3.84. The lowest BCUT2D eigenvalue weighted by Gasteiger charge is -2.02. The van der Waals surface area contributed by atoms with Crippen LogP contribution >= 0.6 is 0 Å². The van der Waals surface area contributed by atoms with Gasteiger partial charge in [-0.05, 0) is 31.2 Å². The number of nitrogens with zero attached hydrogens (tertiary/aromatic N) is 3. The molecule has 3 aromatic heterocycles. The number of oxazole rings is 1. The van der Waals surface area contributed by atoms with E-state index in [0.29, 0.717) is 40.5 Å². The first kappa shape index (κ1) is 17.5. The highest BCUT2D eigenvalue weighted by molar-refractivity contribution is 5.96. The number of hydrogen-bond acceptors (Lipinski definition) is 8. The lowest BCUT2D eigenvalue weighted by atomic mass is 10.2. The van der Waals surface area contributed by atoms with E-state index in [0.717, 1.165) is 0 Å². The van der Waals surface area contributed by atoms with Crippen LogP contribution in [-0.4, -0.2) is 32.6 Å². The Morgan fingerprint density at radius 2 is 2.18 bits per heavy atom. The summed E-state index contributed by atoms with van der Waals surface area (Å²) in [5, 5.41) is 6.56. The summed E-state index contributed by atoms with van der Waals surface area (Å²) in [6, 6.07) is 8.14. The van der Waals surface area contributed by atoms with Gasteiger partial charge in [-0.15, -0.1) is 0 Å². The van der Waals surface area contributed by atoms with Crippen molar-refractivity contribution < 1.29 is 18.5 Å². The lowest BCUT2D eigenvalue weighted by molar-refractivity contribution is 0.0946. The molecule has 0 radical (unpaired) electrons. The fraction of sp³-hybridized carbons (Fsp3) is 0.167. The predicted octanol–water partition coefficient (Wildman–Crippen LogP) is 1.89. The minimum absolute atomic E-state index is 0.0470. The number of aromatic nitrogens is 4. The first-order valence-electron chi connectivity index (χ1n) is 8.45. The molecule has 0 fully saturated rings. The van der Waals surface area contributed by atoms with Crippen molar-refractivity contribution in [2.24, 2.45) is 0 Å². The summed E-state index contributed by atoms with van der Waals surface area (Å²) < 4.78 is 15.4. The average molecular weight is 381 g/mol. The zero-order valence-electron chi connectivity index (χ0n) is 14.8. The minimum atomic E-state index is -0.574. The summed E-state index contributed by atoms with van der Waals surface area (Å²) in [6.45, 7) is 2.45. The lowest BCUT2D eigenvalue weighted by Crippen LogP contribution is -2.22. The number of aromatic amines is 1. The maximum atomic E-state index is 12.3. The molecule has 0 atom stereocenters. The van der Waals surface area contributed by atoms with Gasteiger partial charge in [-0.25, -0.2) is 9.78 Å². The number of H-pyrrole nitrogens is 1. The van der Waals surface area contributed by atoms with Gasteiger partial charge in [-0.2, -0.15) is 4.98 Å². The summed E-state index contributed by atoms with van der Waals surface area (Å²) in [5.74, 6) is 0.169. The van der Waals surface area contributed by atoms with Crippen molar-refractivity contribution in [3.8, 4) is 17.3 Å². The summed E-state index contributed by atoms with van der Waals surface area (Å²) in [6.07, 6.45) is 1.58. The largest absolute Gasteiger partial charge is 0.478 e. The number of rotatable bonds is 6. The molecular weight excluding hydrogens is 366 g/mol. The van der Waals surface area contributed by atoms with Crippen LogP contribution < -0.4 is 15.8 Å². The Hall–Kier alpha value is -3.95. The van der Waals surface area contributed by atoms with Crippen molar-refractivity contribution in [2.45, 2.75) is 13.5 Å². The first-order valence-corrected chi connectivity index (χ1v) is 8.45. The maximum absolute atomic E-state index is 12.3. The molecule has 28 heavy (non-hydrogen) atoms. The van der Waals surface area contributed by atoms with Crippen LogP contribution in [0.3, 0.4) is 0 Å². The van der Waals surface area contributed by atoms with Crippen LogP contribution in [0.1, 0.15) is 23.2 Å². The van der Waals surface area contributed by atoms with Gasteiger partial charge in [-0.3, -0.25) is 9.78 Å². The van der Waals surface area contributed by atoms with Crippen molar-refractivity contribution in [1.82, 2.24) is 25.4 Å². The first-order chi connectivity index (χ1) is 13.6. The van der Waals surface area contributed by atoms with Gasteiger partial charge in [-0.1, -0.05) is 5.16 Å². The molecule has 10 heteroatoms. The molecule has 2 N–H and O–H groups in total. The summed E-state index contributed by atoms with van der Waals surface area (Å²) >= 11 is 0. The molecule has 0 saturated carbocycles. The van der Waals surface area contributed by atoms with E-state index in [4.69, 9.17) is 13.7 Å². The molecule has 0 aliphatic heterocycles. The van der Waals surface area contributed by atoms with E-state index < -0.39 is 5.76 Å². The second kappa shape index (κ2) is 7.35. The number of carbonyl (C=O) groups excluding carboxylic acids is 1. The normalized spacial score (nSPS) is 10.9. The molecule has 1 amide bonds. The molecule has 0 aliphatic rings. The van der Waals surface area contributed by atoms with Crippen molar-refractivity contribution in [2.75, 3.05) is 6.61 Å². The highest BCUT2D eigenvalue weighted by atomic mass is 16.5. The number of fused-ring (bicyclic) bond motifs is 1. The molecule has 142 valence electrons. The van der Waals surface area contributed by atoms with Gasteiger partial charge >= 0.3 is 5.76 Å². The van der Waals surface area contributed by atoms with Crippen molar-refractivity contribution in [3.05, 3.63) is 58.5 Å². The Balaban J connectivity index is 1.41. The Kier molecular flexibility index (Phi) is 4.58. The number of benzene rings is 1. The summed E-state index contributed by atoms with van der Waals surface area (Å²) in [7, 11) is 0. The molecule has 0 spiro atoms. The standard InChI is InChI=1S/C18H15N5O5/c1-2-26-14-6-4-11(8-19-14)16-22-15(28-23-16)9-20-17(24)10-3-5-12-13(7-10)27-18(25)21-12/h3-8H,2,9H2,1H3,(H,20,24)(H,21,25). The minimum Gasteiger partial charge on any atom is -0.478 e. The van der Waals surface area contributed by atoms with Gasteiger partial charge in [0.05, 0.1) is 18.7 Å². The molecule has 10 nitrogen and oxygen atoms in total. The second-order valence-corrected chi connectivity index (χ2v) is 5.74. The number of pyridine rings is 1. The highest BCUT2D eigenvalue weighted by Crippen LogP contribution is 2.17. The van der Waals surface area contributed by atoms with Crippen molar-refractivity contribution in [3.63, 3.8) is 0 Å². The Bertz CT molecular complexity index is 1180. The van der Waals surface area contributed by atoms with Gasteiger partial charge < -0.3 is 19.0 Å². The molecule has 4 rings (SSSR count). The Labute approximate surface area is 157 Å². The smallest absolute Gasteiger partial charge is 0.417 e. The SMILES string of the molecule is CCOc1ccc(-c2noc(CNC(=O)c3ccc4[nH]c(=O)oc4c3)n2)cn1. The molecule has 3 heterocycles. The van der Waals surface area contributed by atoms with E-state index in [1.165, 1.54) is 6.07 Å². The van der Waals surface area contributed by atoms with Crippen molar-refractivity contribution in [1.29, 1.82) is 0 Å². The molecular formula is C18H15N5O5. The van der Waals surface area contributed by atoms with E-state index in [1.807, 2.05) is 6.92 Å². The fourth-order valence-corrected chi connectivity index (χ4v) is 2.53. The number of nitrogens with one attached hydrogen (secondary N) is 2. The topological polar surface area (TPSA) is 136 Å². The number of ether oxygens (including phenoxy) is 1. The molecule has 0 aliphatic carbocycles. The van der Waals surface area contributed by atoms with Gasteiger partial charge in [0, 0.05) is 23.4 Å². The summed E-state index contributed by atoms with van der Waals surface area (Å²) in [5.41, 5.74) is 1.83. The van der Waals surface area contributed by atoms with Gasteiger partial charge in [0.15, 0.2) is 5.58 Å². The van der Waals surface area contributed by atoms with Crippen LogP contribution in [0, 0.1) is 0 Å². The van der Waals surface area contributed by atoms with Gasteiger partial charge in [0.25, 0.3) is 5.91 Å². The highest BCUT2D eigenvalue weighted by Gasteiger charge is 2.13. The predicted molar refractivity (Wildman–Crippen MR) is 96.7 cm³/mol. The van der Waals surface area contributed by atoms with Crippen LogP contribution in [0.2, 0.25) is 0 Å². The summed E-state index contributed by atoms with van der Waals surface area (Å²) in [4.78, 5) is 34.4. The zero-order chi connectivity index (χ0) is 19.5. The van der Waals surface area contributed by atoms with Gasteiger partial charge in [0.1, 0.15) is 0 Å². The second-order valence-electron chi connectivity index (χ2n) is 5.74. The van der Waals surface area contributed by atoms with Crippen LogP contribution in [0.4, 0.5) is 0 Å². The van der Waals surface area contributed by atoms with Crippen LogP contribution in [-0.2, 0) is 6.54 Å². The van der Waals surface area contributed by atoms with E-state index >= 15 is 0 Å². The quantitative estimate of drug-likeness (QED) is 0.517. The molecule has 0 unspecified atom stereocenters. The van der Waals surface area contributed by atoms with E-state index in [2.05, 4.69) is 25.4 Å². The fourth-order valence-electron chi connectivity index (χ4n) is 2.53. The monoisotopic (exact) mass is 381 g/mol. The van der Waals surface area contributed by atoms with Crippen LogP contribution in [0.25, 0.3) is 22.5 Å². The molecule has 0 saturated heterocycles. The van der Waals surface area contributed by atoms with Gasteiger partial charge in [0.2, 0.25) is 17.6 Å². The van der Waals surface area contributed by atoms with E-state index in [9.17, 15) is 9.59 Å². The molecule has 0 bridgehead atoms.